The fourth-order valence-corrected chi connectivity index (χ4v) is 3.39. The quantitative estimate of drug-likeness (QED) is 0.612. The van der Waals surface area contributed by atoms with E-state index < -0.39 is 0 Å². The molecular weight excluding hydrogens is 308 g/mol. The molecule has 0 heterocycles. The molecule has 1 rings (SSSR count). The number of ether oxygens (including phenoxy) is 1. The normalized spacial score (nSPS) is 17.4. The molecule has 0 bridgehead atoms. The van der Waals surface area contributed by atoms with E-state index in [1.807, 2.05) is 0 Å². The summed E-state index contributed by atoms with van der Waals surface area (Å²) in [6, 6.07) is 0. The topological polar surface area (TPSA) is 9.23 Å². The molecule has 0 radical (unpaired) electrons. The van der Waals surface area contributed by atoms with Gasteiger partial charge in [-0.1, -0.05) is 45.2 Å². The summed E-state index contributed by atoms with van der Waals surface area (Å²) >= 11 is 7.21. The predicted molar refractivity (Wildman–Crippen MR) is 68.5 cm³/mol. The molecular formula is C11H20Br2O. The van der Waals surface area contributed by atoms with Crippen molar-refractivity contribution in [3.8, 4) is 0 Å². The third-order valence-electron chi connectivity index (χ3n) is 2.81. The molecule has 0 N–H and O–H groups in total. The highest BCUT2D eigenvalue weighted by atomic mass is 79.9. The summed E-state index contributed by atoms with van der Waals surface area (Å²) in [5.41, 5.74) is 0.309. The van der Waals surface area contributed by atoms with Crippen molar-refractivity contribution in [3.05, 3.63) is 0 Å². The van der Waals surface area contributed by atoms with Crippen LogP contribution in [0, 0.1) is 11.3 Å². The second-order valence-electron chi connectivity index (χ2n) is 4.48. The molecule has 0 atom stereocenters. The minimum absolute atomic E-state index is 0.309. The van der Waals surface area contributed by atoms with Crippen LogP contribution in [0.25, 0.3) is 0 Å². The lowest BCUT2D eigenvalue weighted by molar-refractivity contribution is 0.0570. The molecule has 0 spiro atoms. The Morgan fingerprint density at radius 3 is 2.36 bits per heavy atom. The van der Waals surface area contributed by atoms with Crippen LogP contribution in [0.2, 0.25) is 0 Å². The van der Waals surface area contributed by atoms with Crippen LogP contribution < -0.4 is 0 Å². The SMILES string of the molecule is CCCC(CBr)(CBr)COCC1CC1. The van der Waals surface area contributed by atoms with Crippen LogP contribution in [0.1, 0.15) is 32.6 Å². The molecule has 1 aliphatic rings. The standard InChI is InChI=1S/C11H20Br2O/c1-2-5-11(7-12,8-13)9-14-6-10-3-4-10/h10H,2-9H2,1H3. The van der Waals surface area contributed by atoms with E-state index in [9.17, 15) is 0 Å². The molecule has 0 aromatic rings. The van der Waals surface area contributed by atoms with Gasteiger partial charge in [0.2, 0.25) is 0 Å². The lowest BCUT2D eigenvalue weighted by Crippen LogP contribution is -2.31. The first kappa shape index (κ1) is 13.0. The third kappa shape index (κ3) is 4.19. The van der Waals surface area contributed by atoms with Gasteiger partial charge in [-0.25, -0.2) is 0 Å². The molecule has 84 valence electrons. The van der Waals surface area contributed by atoms with E-state index in [1.54, 1.807) is 0 Å². The fraction of sp³-hybridized carbons (Fsp3) is 1.00. The van der Waals surface area contributed by atoms with Crippen LogP contribution in [-0.4, -0.2) is 23.9 Å². The molecule has 0 aromatic heterocycles. The molecule has 1 saturated carbocycles. The third-order valence-corrected chi connectivity index (χ3v) is 5.18. The Kier molecular flexibility index (Phi) is 6.02. The molecule has 1 aliphatic carbocycles. The van der Waals surface area contributed by atoms with E-state index in [2.05, 4.69) is 38.8 Å². The number of halogens is 2. The van der Waals surface area contributed by atoms with Crippen LogP contribution in [0.15, 0.2) is 0 Å². The summed E-state index contributed by atoms with van der Waals surface area (Å²) in [4.78, 5) is 0. The zero-order valence-corrected chi connectivity index (χ0v) is 12.1. The first-order chi connectivity index (χ1) is 6.76. The van der Waals surface area contributed by atoms with E-state index in [4.69, 9.17) is 4.74 Å². The lowest BCUT2D eigenvalue weighted by atomic mass is 9.89. The fourth-order valence-electron chi connectivity index (χ4n) is 1.58. The minimum atomic E-state index is 0.309. The van der Waals surface area contributed by atoms with Gasteiger partial charge in [0.25, 0.3) is 0 Å². The van der Waals surface area contributed by atoms with Gasteiger partial charge in [-0.3, -0.25) is 0 Å². The summed E-state index contributed by atoms with van der Waals surface area (Å²) < 4.78 is 5.80. The molecule has 0 saturated heterocycles. The van der Waals surface area contributed by atoms with Crippen LogP contribution >= 0.6 is 31.9 Å². The second-order valence-corrected chi connectivity index (χ2v) is 5.60. The van der Waals surface area contributed by atoms with E-state index in [1.165, 1.54) is 25.7 Å². The van der Waals surface area contributed by atoms with Gasteiger partial charge in [0.15, 0.2) is 0 Å². The van der Waals surface area contributed by atoms with E-state index in [0.29, 0.717) is 5.41 Å². The zero-order valence-electron chi connectivity index (χ0n) is 8.90. The largest absolute Gasteiger partial charge is 0.381 e. The van der Waals surface area contributed by atoms with Gasteiger partial charge >= 0.3 is 0 Å². The molecule has 1 nitrogen and oxygen atoms in total. The number of alkyl halides is 2. The molecule has 14 heavy (non-hydrogen) atoms. The van der Waals surface area contributed by atoms with Crippen molar-refractivity contribution >= 4 is 31.9 Å². The van der Waals surface area contributed by atoms with E-state index in [-0.39, 0.29) is 0 Å². The van der Waals surface area contributed by atoms with Crippen molar-refractivity contribution in [2.24, 2.45) is 11.3 Å². The Bertz CT molecular complexity index is 153. The molecule has 0 aromatic carbocycles. The van der Waals surface area contributed by atoms with Gasteiger partial charge in [0.05, 0.1) is 6.61 Å². The number of hydrogen-bond acceptors (Lipinski definition) is 1. The van der Waals surface area contributed by atoms with Gasteiger partial charge < -0.3 is 4.74 Å². The summed E-state index contributed by atoms with van der Waals surface area (Å²) in [5.74, 6) is 0.875. The molecule has 0 amide bonds. The Balaban J connectivity index is 2.23. The van der Waals surface area contributed by atoms with Gasteiger partial charge in [0.1, 0.15) is 0 Å². The maximum absolute atomic E-state index is 5.80. The Morgan fingerprint density at radius 2 is 1.93 bits per heavy atom. The summed E-state index contributed by atoms with van der Waals surface area (Å²) in [5, 5.41) is 2.06. The van der Waals surface area contributed by atoms with Gasteiger partial charge in [-0.15, -0.1) is 0 Å². The highest BCUT2D eigenvalue weighted by Gasteiger charge is 2.29. The van der Waals surface area contributed by atoms with Crippen LogP contribution in [-0.2, 0) is 4.74 Å². The van der Waals surface area contributed by atoms with Gasteiger partial charge in [-0.2, -0.15) is 0 Å². The first-order valence-corrected chi connectivity index (χ1v) is 7.70. The van der Waals surface area contributed by atoms with Crippen molar-refractivity contribution in [2.45, 2.75) is 32.6 Å². The van der Waals surface area contributed by atoms with Gasteiger partial charge in [0, 0.05) is 22.7 Å². The lowest BCUT2D eigenvalue weighted by Gasteiger charge is -2.29. The minimum Gasteiger partial charge on any atom is -0.381 e. The van der Waals surface area contributed by atoms with Gasteiger partial charge in [-0.05, 0) is 25.2 Å². The monoisotopic (exact) mass is 326 g/mol. The van der Waals surface area contributed by atoms with Crippen LogP contribution in [0.3, 0.4) is 0 Å². The highest BCUT2D eigenvalue weighted by molar-refractivity contribution is 9.09. The Morgan fingerprint density at radius 1 is 1.29 bits per heavy atom. The maximum Gasteiger partial charge on any atom is 0.0538 e. The second kappa shape index (κ2) is 6.49. The number of hydrogen-bond donors (Lipinski definition) is 0. The molecule has 1 fully saturated rings. The van der Waals surface area contributed by atoms with Crippen molar-refractivity contribution < 1.29 is 4.74 Å². The van der Waals surface area contributed by atoms with Crippen molar-refractivity contribution in [3.63, 3.8) is 0 Å². The first-order valence-electron chi connectivity index (χ1n) is 5.46. The molecule has 0 unspecified atom stereocenters. The maximum atomic E-state index is 5.80. The average molecular weight is 328 g/mol. The average Bonchev–Trinajstić information content (AvgIpc) is 3.00. The predicted octanol–water partition coefficient (Wildman–Crippen LogP) is 3.99. The van der Waals surface area contributed by atoms with Crippen molar-refractivity contribution in [1.82, 2.24) is 0 Å². The summed E-state index contributed by atoms with van der Waals surface area (Å²) in [6.45, 7) is 4.11. The van der Waals surface area contributed by atoms with Crippen molar-refractivity contribution in [1.29, 1.82) is 0 Å². The Labute approximate surface area is 104 Å². The van der Waals surface area contributed by atoms with Crippen LogP contribution in [0.5, 0.6) is 0 Å². The Hall–Kier alpha value is 0.920. The molecule has 0 aliphatic heterocycles. The molecule has 3 heteroatoms. The summed E-state index contributed by atoms with van der Waals surface area (Å²) in [6.07, 6.45) is 5.21. The zero-order chi connectivity index (χ0) is 10.4. The summed E-state index contributed by atoms with van der Waals surface area (Å²) in [7, 11) is 0. The highest BCUT2D eigenvalue weighted by Crippen LogP contribution is 2.32. The van der Waals surface area contributed by atoms with Crippen molar-refractivity contribution in [2.75, 3.05) is 23.9 Å². The van der Waals surface area contributed by atoms with E-state index >= 15 is 0 Å². The smallest absolute Gasteiger partial charge is 0.0538 e. The van der Waals surface area contributed by atoms with Crippen LogP contribution in [0.4, 0.5) is 0 Å². The van der Waals surface area contributed by atoms with E-state index in [0.717, 1.165) is 29.8 Å². The number of rotatable bonds is 8.